The van der Waals surface area contributed by atoms with Crippen molar-refractivity contribution in [2.24, 2.45) is 10.9 Å². The van der Waals surface area contributed by atoms with Crippen LogP contribution in [0, 0.1) is 12.8 Å². The van der Waals surface area contributed by atoms with E-state index in [9.17, 15) is 0 Å². The highest BCUT2D eigenvalue weighted by molar-refractivity contribution is 5.79. The number of aryl methyl sites for hydroxylation is 1. The molecule has 0 saturated carbocycles. The molecule has 0 radical (unpaired) electrons. The summed E-state index contributed by atoms with van der Waals surface area (Å²) in [5.74, 6) is 2.37. The molecular weight excluding hydrogens is 394 g/mol. The Morgan fingerprint density at radius 1 is 1.13 bits per heavy atom. The van der Waals surface area contributed by atoms with Crippen molar-refractivity contribution >= 4 is 5.96 Å². The van der Waals surface area contributed by atoms with E-state index in [0.717, 1.165) is 82.5 Å². The summed E-state index contributed by atoms with van der Waals surface area (Å²) >= 11 is 0. The van der Waals surface area contributed by atoms with Gasteiger partial charge in [-0.25, -0.2) is 4.99 Å². The van der Waals surface area contributed by atoms with E-state index < -0.39 is 0 Å². The zero-order chi connectivity index (χ0) is 22.2. The van der Waals surface area contributed by atoms with Crippen LogP contribution in [0.15, 0.2) is 23.2 Å². The molecule has 1 aliphatic heterocycles. The number of aliphatic imine (C=N–C) groups is 1. The predicted molar refractivity (Wildman–Crippen MR) is 125 cm³/mol. The molecule has 0 unspecified atom stereocenters. The van der Waals surface area contributed by atoms with Gasteiger partial charge in [0.05, 0.1) is 13.2 Å². The largest absolute Gasteiger partial charge is 0.493 e. The number of hydrogen-bond donors (Lipinski definition) is 2. The summed E-state index contributed by atoms with van der Waals surface area (Å²) in [6.45, 7) is 11.1. The zero-order valence-corrected chi connectivity index (χ0v) is 19.6. The lowest BCUT2D eigenvalue weighted by atomic mass is 10.0. The lowest BCUT2D eigenvalue weighted by molar-refractivity contribution is 0.0203. The van der Waals surface area contributed by atoms with Crippen LogP contribution >= 0.6 is 0 Å². The molecule has 2 N–H and O–H groups in total. The van der Waals surface area contributed by atoms with Crippen molar-refractivity contribution < 1.29 is 18.9 Å². The van der Waals surface area contributed by atoms with Gasteiger partial charge in [0.2, 0.25) is 0 Å². The standard InChI is InChI=1S/C24H41N3O4/c1-4-25-24(26-11-5-13-30-19-21-9-15-29-16-10-21)27-18-22-8-7-20(2)17-23(22)31-14-6-12-28-3/h7-8,17,21H,4-6,9-16,18-19H2,1-3H3,(H2,25,26,27). The molecule has 1 saturated heterocycles. The maximum absolute atomic E-state index is 5.97. The molecule has 0 bridgehead atoms. The average Bonchev–Trinajstić information content (AvgIpc) is 2.79. The molecule has 0 amide bonds. The summed E-state index contributed by atoms with van der Waals surface area (Å²) in [5, 5.41) is 6.71. The molecule has 1 aromatic carbocycles. The molecule has 1 aliphatic rings. The van der Waals surface area contributed by atoms with Gasteiger partial charge >= 0.3 is 0 Å². The molecule has 2 rings (SSSR count). The van der Waals surface area contributed by atoms with Crippen LogP contribution in [-0.2, 0) is 20.8 Å². The highest BCUT2D eigenvalue weighted by Gasteiger charge is 2.13. The van der Waals surface area contributed by atoms with Crippen molar-refractivity contribution in [3.63, 3.8) is 0 Å². The Labute approximate surface area is 187 Å². The van der Waals surface area contributed by atoms with Gasteiger partial charge in [-0.1, -0.05) is 12.1 Å². The molecule has 0 spiro atoms. The SMILES string of the molecule is CCNC(=NCc1ccc(C)cc1OCCCOC)NCCCOCC1CCOCC1. The number of nitrogens with zero attached hydrogens (tertiary/aromatic N) is 1. The quantitative estimate of drug-likeness (QED) is 0.265. The fraction of sp³-hybridized carbons (Fsp3) is 0.708. The third kappa shape index (κ3) is 10.8. The van der Waals surface area contributed by atoms with Crippen LogP contribution in [0.1, 0.15) is 43.7 Å². The molecule has 1 aromatic rings. The predicted octanol–water partition coefficient (Wildman–Crippen LogP) is 3.30. The highest BCUT2D eigenvalue weighted by Crippen LogP contribution is 2.21. The van der Waals surface area contributed by atoms with Crippen molar-refractivity contribution in [2.75, 3.05) is 59.8 Å². The van der Waals surface area contributed by atoms with Crippen LogP contribution in [0.4, 0.5) is 0 Å². The van der Waals surface area contributed by atoms with Crippen molar-refractivity contribution in [1.29, 1.82) is 0 Å². The van der Waals surface area contributed by atoms with Crippen LogP contribution in [0.5, 0.6) is 5.75 Å². The minimum atomic E-state index is 0.565. The van der Waals surface area contributed by atoms with Crippen molar-refractivity contribution in [3.8, 4) is 5.75 Å². The number of guanidine groups is 1. The van der Waals surface area contributed by atoms with Gasteiger partial charge in [0.1, 0.15) is 5.75 Å². The van der Waals surface area contributed by atoms with Crippen molar-refractivity contribution in [1.82, 2.24) is 10.6 Å². The van der Waals surface area contributed by atoms with Gasteiger partial charge in [0.25, 0.3) is 0 Å². The van der Waals surface area contributed by atoms with Crippen LogP contribution in [0.3, 0.4) is 0 Å². The van der Waals surface area contributed by atoms with Crippen molar-refractivity contribution in [3.05, 3.63) is 29.3 Å². The number of methoxy groups -OCH3 is 1. The van der Waals surface area contributed by atoms with Crippen LogP contribution in [0.25, 0.3) is 0 Å². The molecule has 176 valence electrons. The molecule has 31 heavy (non-hydrogen) atoms. The van der Waals surface area contributed by atoms with Crippen LogP contribution in [0.2, 0.25) is 0 Å². The first-order valence-corrected chi connectivity index (χ1v) is 11.6. The number of benzene rings is 1. The van der Waals surface area contributed by atoms with E-state index in [1.165, 1.54) is 5.56 Å². The van der Waals surface area contributed by atoms with Gasteiger partial charge in [-0.2, -0.15) is 0 Å². The summed E-state index contributed by atoms with van der Waals surface area (Å²) in [4.78, 5) is 4.74. The summed E-state index contributed by atoms with van der Waals surface area (Å²) in [6.07, 6.45) is 4.05. The monoisotopic (exact) mass is 435 g/mol. The zero-order valence-electron chi connectivity index (χ0n) is 19.6. The summed E-state index contributed by atoms with van der Waals surface area (Å²) in [5.41, 5.74) is 2.26. The van der Waals surface area contributed by atoms with Gasteiger partial charge in [-0.15, -0.1) is 0 Å². The number of rotatable bonds is 14. The lowest BCUT2D eigenvalue weighted by Crippen LogP contribution is -2.38. The van der Waals surface area contributed by atoms with E-state index in [0.29, 0.717) is 25.7 Å². The molecule has 0 aliphatic carbocycles. The maximum atomic E-state index is 5.97. The second-order valence-electron chi connectivity index (χ2n) is 7.91. The Morgan fingerprint density at radius 3 is 2.74 bits per heavy atom. The molecule has 0 atom stereocenters. The van der Waals surface area contributed by atoms with Gasteiger partial charge in [-0.05, 0) is 50.7 Å². The van der Waals surface area contributed by atoms with Gasteiger partial charge in [0, 0.05) is 65.2 Å². The second kappa shape index (κ2) is 15.9. The Balaban J connectivity index is 1.75. The van der Waals surface area contributed by atoms with Gasteiger partial charge in [0.15, 0.2) is 5.96 Å². The summed E-state index contributed by atoms with van der Waals surface area (Å²) in [7, 11) is 1.71. The van der Waals surface area contributed by atoms with E-state index in [1.807, 2.05) is 0 Å². The fourth-order valence-electron chi connectivity index (χ4n) is 3.36. The smallest absolute Gasteiger partial charge is 0.191 e. The Morgan fingerprint density at radius 2 is 1.97 bits per heavy atom. The molecule has 7 heteroatoms. The first-order chi connectivity index (χ1) is 15.2. The first-order valence-electron chi connectivity index (χ1n) is 11.6. The Hall–Kier alpha value is -1.83. The number of ether oxygens (including phenoxy) is 4. The fourth-order valence-corrected chi connectivity index (χ4v) is 3.36. The lowest BCUT2D eigenvalue weighted by Gasteiger charge is -2.21. The topological polar surface area (TPSA) is 73.3 Å². The second-order valence-corrected chi connectivity index (χ2v) is 7.91. The Kier molecular flexibility index (Phi) is 13.0. The number of nitrogens with one attached hydrogen (secondary N) is 2. The van der Waals surface area contributed by atoms with E-state index in [-0.39, 0.29) is 0 Å². The molecule has 1 heterocycles. The van der Waals surface area contributed by atoms with E-state index in [2.05, 4.69) is 42.7 Å². The normalized spacial score (nSPS) is 15.1. The maximum Gasteiger partial charge on any atom is 0.191 e. The van der Waals surface area contributed by atoms with Crippen molar-refractivity contribution in [2.45, 2.75) is 46.1 Å². The summed E-state index contributed by atoms with van der Waals surface area (Å²) < 4.78 is 22.3. The molecule has 7 nitrogen and oxygen atoms in total. The third-order valence-corrected chi connectivity index (χ3v) is 5.18. The Bertz CT molecular complexity index is 633. The van der Waals surface area contributed by atoms with E-state index in [1.54, 1.807) is 7.11 Å². The molecule has 1 fully saturated rings. The summed E-state index contributed by atoms with van der Waals surface area (Å²) in [6, 6.07) is 6.27. The minimum Gasteiger partial charge on any atom is -0.493 e. The van der Waals surface area contributed by atoms with E-state index >= 15 is 0 Å². The van der Waals surface area contributed by atoms with Gasteiger partial charge < -0.3 is 29.6 Å². The average molecular weight is 436 g/mol. The minimum absolute atomic E-state index is 0.565. The molecule has 0 aromatic heterocycles. The van der Waals surface area contributed by atoms with Crippen LogP contribution in [-0.4, -0.2) is 65.8 Å². The highest BCUT2D eigenvalue weighted by atomic mass is 16.5. The number of hydrogen-bond acceptors (Lipinski definition) is 5. The van der Waals surface area contributed by atoms with Crippen LogP contribution < -0.4 is 15.4 Å². The third-order valence-electron chi connectivity index (χ3n) is 5.18. The first kappa shape index (κ1) is 25.4. The molecular formula is C24H41N3O4. The van der Waals surface area contributed by atoms with Gasteiger partial charge in [-0.3, -0.25) is 0 Å². The van der Waals surface area contributed by atoms with E-state index in [4.69, 9.17) is 23.9 Å².